The molecule has 1 fully saturated rings. The summed E-state index contributed by atoms with van der Waals surface area (Å²) in [7, 11) is 3.06. The number of fused-ring (bicyclic) bond motifs is 1. The van der Waals surface area contributed by atoms with E-state index in [2.05, 4.69) is 22.1 Å². The molecule has 1 saturated heterocycles. The number of hydrogen-bond donors (Lipinski definition) is 2. The summed E-state index contributed by atoms with van der Waals surface area (Å²) < 4.78 is 10.6. The summed E-state index contributed by atoms with van der Waals surface area (Å²) in [6, 6.07) is 18.6. The zero-order chi connectivity index (χ0) is 27.7. The van der Waals surface area contributed by atoms with Gasteiger partial charge >= 0.3 is 5.97 Å². The molecule has 0 spiro atoms. The topological polar surface area (TPSA) is 83.7 Å². The summed E-state index contributed by atoms with van der Waals surface area (Å²) >= 11 is 6.31. The number of H-pyrrole nitrogens is 1. The van der Waals surface area contributed by atoms with Gasteiger partial charge in [0.15, 0.2) is 0 Å². The number of aromatic nitrogens is 1. The summed E-state index contributed by atoms with van der Waals surface area (Å²) in [5, 5.41) is 4.66. The van der Waals surface area contributed by atoms with E-state index in [1.807, 2.05) is 61.5 Å². The van der Waals surface area contributed by atoms with E-state index in [-0.39, 0.29) is 17.9 Å². The Morgan fingerprint density at radius 3 is 2.54 bits per heavy atom. The number of methoxy groups -OCH3 is 2. The van der Waals surface area contributed by atoms with Crippen molar-refractivity contribution in [1.29, 1.82) is 0 Å². The van der Waals surface area contributed by atoms with Crippen LogP contribution in [0.1, 0.15) is 33.6 Å². The van der Waals surface area contributed by atoms with Crippen LogP contribution in [0.15, 0.2) is 60.7 Å². The van der Waals surface area contributed by atoms with Crippen molar-refractivity contribution in [2.45, 2.75) is 38.9 Å². The number of benzene rings is 3. The second kappa shape index (κ2) is 11.1. The van der Waals surface area contributed by atoms with Gasteiger partial charge in [0, 0.05) is 40.6 Å². The maximum atomic E-state index is 13.7. The number of nitrogens with zero attached hydrogens (tertiary/aromatic N) is 1. The second-order valence-corrected chi connectivity index (χ2v) is 10.4. The molecule has 2 atom stereocenters. The van der Waals surface area contributed by atoms with Crippen LogP contribution >= 0.6 is 11.6 Å². The first-order chi connectivity index (χ1) is 18.8. The quantitative estimate of drug-likeness (QED) is 0.293. The molecule has 1 aliphatic heterocycles. The lowest BCUT2D eigenvalue weighted by Gasteiger charge is -2.24. The minimum absolute atomic E-state index is 0.229. The highest BCUT2D eigenvalue weighted by Gasteiger charge is 2.39. The largest absolute Gasteiger partial charge is 0.496 e. The number of rotatable bonds is 7. The number of likely N-dealkylation sites (tertiary alicyclic amines) is 1. The predicted octanol–water partition coefficient (Wildman–Crippen LogP) is 5.66. The lowest BCUT2D eigenvalue weighted by Crippen LogP contribution is -2.38. The molecule has 3 aromatic carbocycles. The van der Waals surface area contributed by atoms with Crippen molar-refractivity contribution < 1.29 is 19.1 Å². The average molecular weight is 546 g/mol. The highest BCUT2D eigenvalue weighted by Crippen LogP contribution is 2.34. The van der Waals surface area contributed by atoms with Crippen LogP contribution in [-0.2, 0) is 16.1 Å². The van der Waals surface area contributed by atoms with Crippen molar-refractivity contribution in [3.8, 4) is 16.9 Å². The third-order valence-corrected chi connectivity index (χ3v) is 7.94. The van der Waals surface area contributed by atoms with Gasteiger partial charge in [-0.25, -0.2) is 0 Å². The van der Waals surface area contributed by atoms with E-state index >= 15 is 0 Å². The summed E-state index contributed by atoms with van der Waals surface area (Å²) in [5.74, 6) is 0.300. The van der Waals surface area contributed by atoms with Crippen LogP contribution in [0.4, 0.5) is 0 Å². The molecule has 0 aliphatic carbocycles. The maximum absolute atomic E-state index is 13.7. The van der Waals surface area contributed by atoms with Crippen molar-refractivity contribution >= 4 is 34.4 Å². The van der Waals surface area contributed by atoms with E-state index in [0.29, 0.717) is 30.2 Å². The normalized spacial score (nSPS) is 17.4. The van der Waals surface area contributed by atoms with Gasteiger partial charge in [-0.2, -0.15) is 0 Å². The molecular formula is C31H32ClN3O4. The predicted molar refractivity (Wildman–Crippen MR) is 153 cm³/mol. The first-order valence-electron chi connectivity index (χ1n) is 12.9. The number of esters is 1. The molecule has 8 heteroatoms. The number of amides is 1. The van der Waals surface area contributed by atoms with Gasteiger partial charge in [-0.1, -0.05) is 48.0 Å². The molecule has 7 nitrogen and oxygen atoms in total. The van der Waals surface area contributed by atoms with Crippen LogP contribution in [0.5, 0.6) is 5.75 Å². The van der Waals surface area contributed by atoms with Crippen LogP contribution in [-0.4, -0.2) is 54.6 Å². The lowest BCUT2D eigenvalue weighted by atomic mass is 10.0. The number of aromatic amines is 1. The average Bonchev–Trinajstić information content (AvgIpc) is 3.52. The molecule has 4 aromatic rings. The van der Waals surface area contributed by atoms with Crippen molar-refractivity contribution in [2.24, 2.45) is 0 Å². The maximum Gasteiger partial charge on any atom is 0.323 e. The number of carbonyl (C=O) groups is 2. The van der Waals surface area contributed by atoms with Crippen molar-refractivity contribution in [3.63, 3.8) is 0 Å². The van der Waals surface area contributed by atoms with Gasteiger partial charge in [0.25, 0.3) is 5.91 Å². The molecule has 1 amide bonds. The molecule has 0 bridgehead atoms. The third kappa shape index (κ3) is 5.24. The minimum atomic E-state index is -0.461. The molecule has 5 rings (SSSR count). The standard InChI is InChI=1S/C31H32ClN3O4/c1-18-19(2)27(38-3)13-10-21(18)16-35-17-23(15-26(35)31(37)39-4)33-30(36)29-28(20-8-6-5-7-9-20)24-14-22(32)11-12-25(24)34-29/h5-14,23,26,34H,15-17H2,1-4H3,(H,33,36)/t23-,26-/m0/s1. The molecular weight excluding hydrogens is 514 g/mol. The van der Waals surface area contributed by atoms with Crippen LogP contribution in [0, 0.1) is 13.8 Å². The van der Waals surface area contributed by atoms with E-state index in [1.165, 1.54) is 7.11 Å². The Morgan fingerprint density at radius 1 is 1.05 bits per heavy atom. The Hall–Kier alpha value is -3.81. The first kappa shape index (κ1) is 26.8. The Balaban J connectivity index is 1.42. The Bertz CT molecular complexity index is 1530. The summed E-state index contributed by atoms with van der Waals surface area (Å²) in [5.41, 5.74) is 6.31. The van der Waals surface area contributed by atoms with Gasteiger partial charge in [-0.05, 0) is 66.8 Å². The van der Waals surface area contributed by atoms with Gasteiger partial charge in [0.1, 0.15) is 17.5 Å². The molecule has 0 unspecified atom stereocenters. The van der Waals surface area contributed by atoms with E-state index < -0.39 is 6.04 Å². The molecule has 1 aliphatic rings. The minimum Gasteiger partial charge on any atom is -0.496 e. The second-order valence-electron chi connectivity index (χ2n) is 9.98. The molecule has 1 aromatic heterocycles. The third-order valence-electron chi connectivity index (χ3n) is 7.71. The van der Waals surface area contributed by atoms with Gasteiger partial charge in [0.2, 0.25) is 0 Å². The summed E-state index contributed by atoms with van der Waals surface area (Å²) in [6.45, 7) is 5.16. The Labute approximate surface area is 233 Å². The number of hydrogen-bond acceptors (Lipinski definition) is 5. The molecule has 2 N–H and O–H groups in total. The van der Waals surface area contributed by atoms with Crippen molar-refractivity contribution in [3.05, 3.63) is 88.1 Å². The number of halogens is 1. The van der Waals surface area contributed by atoms with Crippen molar-refractivity contribution in [1.82, 2.24) is 15.2 Å². The fourth-order valence-corrected chi connectivity index (χ4v) is 5.70. The number of carbonyl (C=O) groups excluding carboxylic acids is 2. The molecule has 39 heavy (non-hydrogen) atoms. The molecule has 0 radical (unpaired) electrons. The van der Waals surface area contributed by atoms with Crippen LogP contribution in [0.3, 0.4) is 0 Å². The van der Waals surface area contributed by atoms with E-state index in [4.69, 9.17) is 21.1 Å². The zero-order valence-corrected chi connectivity index (χ0v) is 23.3. The van der Waals surface area contributed by atoms with Crippen LogP contribution in [0.2, 0.25) is 5.02 Å². The van der Waals surface area contributed by atoms with Gasteiger partial charge in [-0.3, -0.25) is 14.5 Å². The molecule has 202 valence electrons. The van der Waals surface area contributed by atoms with E-state index in [0.717, 1.165) is 44.5 Å². The Kier molecular flexibility index (Phi) is 7.64. The lowest BCUT2D eigenvalue weighted by molar-refractivity contribution is -0.146. The highest BCUT2D eigenvalue weighted by molar-refractivity contribution is 6.31. The fourth-order valence-electron chi connectivity index (χ4n) is 5.52. The zero-order valence-electron chi connectivity index (χ0n) is 22.5. The smallest absolute Gasteiger partial charge is 0.323 e. The van der Waals surface area contributed by atoms with Crippen molar-refractivity contribution in [2.75, 3.05) is 20.8 Å². The Morgan fingerprint density at radius 2 is 1.82 bits per heavy atom. The highest BCUT2D eigenvalue weighted by atomic mass is 35.5. The summed E-state index contributed by atoms with van der Waals surface area (Å²) in [4.78, 5) is 31.8. The fraction of sp³-hybridized carbons (Fsp3) is 0.290. The SMILES string of the molecule is COC(=O)[C@@H]1C[C@H](NC(=O)c2[nH]c3ccc(Cl)cc3c2-c2ccccc2)CN1Cc1ccc(OC)c(C)c1C. The van der Waals surface area contributed by atoms with Crippen LogP contribution in [0.25, 0.3) is 22.0 Å². The monoisotopic (exact) mass is 545 g/mol. The van der Waals surface area contributed by atoms with E-state index in [1.54, 1.807) is 13.2 Å². The van der Waals surface area contributed by atoms with Gasteiger partial charge in [0.05, 0.1) is 14.2 Å². The molecule has 0 saturated carbocycles. The van der Waals surface area contributed by atoms with Gasteiger partial charge in [-0.15, -0.1) is 0 Å². The van der Waals surface area contributed by atoms with Crippen LogP contribution < -0.4 is 10.1 Å². The molecule has 2 heterocycles. The van der Waals surface area contributed by atoms with E-state index in [9.17, 15) is 9.59 Å². The number of nitrogens with one attached hydrogen (secondary N) is 2. The summed E-state index contributed by atoms with van der Waals surface area (Å²) in [6.07, 6.45) is 0.458. The van der Waals surface area contributed by atoms with Gasteiger partial charge < -0.3 is 19.8 Å². The first-order valence-corrected chi connectivity index (χ1v) is 13.3. The number of ether oxygens (including phenoxy) is 2.